The van der Waals surface area contributed by atoms with Crippen LogP contribution in [0.5, 0.6) is 0 Å². The summed E-state index contributed by atoms with van der Waals surface area (Å²) in [6.07, 6.45) is 26.4. The van der Waals surface area contributed by atoms with Crippen LogP contribution in [0.4, 0.5) is 0 Å². The predicted molar refractivity (Wildman–Crippen MR) is 120 cm³/mol. The zero-order valence-electron chi connectivity index (χ0n) is 19.2. The van der Waals surface area contributed by atoms with Crippen molar-refractivity contribution >= 4 is 11.9 Å². The first kappa shape index (κ1) is 24.4. The number of hydrogen-bond donors (Lipinski definition) is 0. The summed E-state index contributed by atoms with van der Waals surface area (Å²) in [5.74, 6) is -0.598. The van der Waals surface area contributed by atoms with Crippen LogP contribution in [-0.2, 0) is 14.3 Å². The quantitative estimate of drug-likeness (QED) is 0.140. The van der Waals surface area contributed by atoms with E-state index in [1.165, 1.54) is 96.3 Å². The lowest BCUT2D eigenvalue weighted by molar-refractivity contribution is -0.155. The molecule has 1 saturated carbocycles. The number of carbonyl (C=O) groups is 2. The monoisotopic (exact) mass is 406 g/mol. The van der Waals surface area contributed by atoms with Crippen LogP contribution in [0.1, 0.15) is 142 Å². The lowest BCUT2D eigenvalue weighted by Crippen LogP contribution is -2.36. The van der Waals surface area contributed by atoms with Crippen LogP contribution in [-0.4, -0.2) is 11.9 Å². The molecule has 0 aromatic heterocycles. The molecular formula is C26H46O3. The predicted octanol–water partition coefficient (Wildman–Crippen LogP) is 7.90. The van der Waals surface area contributed by atoms with Crippen molar-refractivity contribution in [1.82, 2.24) is 0 Å². The van der Waals surface area contributed by atoms with E-state index in [4.69, 9.17) is 4.74 Å². The molecule has 3 heteroatoms. The summed E-state index contributed by atoms with van der Waals surface area (Å²) in [4.78, 5) is 24.2. The summed E-state index contributed by atoms with van der Waals surface area (Å²) in [5, 5.41) is 0. The van der Waals surface area contributed by atoms with Gasteiger partial charge in [-0.2, -0.15) is 0 Å². The molecule has 0 N–H and O–H groups in total. The van der Waals surface area contributed by atoms with E-state index in [0.717, 1.165) is 38.5 Å². The molecule has 1 aliphatic heterocycles. The molecule has 0 aromatic carbocycles. The van der Waals surface area contributed by atoms with Gasteiger partial charge in [0.1, 0.15) is 0 Å². The van der Waals surface area contributed by atoms with E-state index in [9.17, 15) is 9.59 Å². The molecule has 1 heterocycles. The van der Waals surface area contributed by atoms with E-state index >= 15 is 0 Å². The number of hydrogen-bond acceptors (Lipinski definition) is 3. The molecule has 1 saturated heterocycles. The van der Waals surface area contributed by atoms with Crippen LogP contribution in [0.15, 0.2) is 0 Å². The number of rotatable bonds is 17. The molecule has 0 bridgehead atoms. The second-order valence-electron chi connectivity index (χ2n) is 9.72. The van der Waals surface area contributed by atoms with E-state index in [-0.39, 0.29) is 17.9 Å². The Morgan fingerprint density at radius 3 is 1.72 bits per heavy atom. The standard InChI is InChI=1S/C26H46O3/c1-2-3-4-5-6-7-8-9-10-11-12-13-14-15-16-18-21-26-22-19-17-20-23(26)24(27)29-25(26)28/h23H,2-22H2,1H3. The third kappa shape index (κ3) is 8.06. The van der Waals surface area contributed by atoms with Crippen LogP contribution >= 0.6 is 0 Å². The van der Waals surface area contributed by atoms with Crippen LogP contribution in [0.25, 0.3) is 0 Å². The molecule has 29 heavy (non-hydrogen) atoms. The minimum atomic E-state index is -0.453. The smallest absolute Gasteiger partial charge is 0.320 e. The molecule has 2 unspecified atom stereocenters. The first-order valence-corrected chi connectivity index (χ1v) is 13.0. The second kappa shape index (κ2) is 14.2. The molecule has 2 fully saturated rings. The number of fused-ring (bicyclic) bond motifs is 1. The SMILES string of the molecule is CCCCCCCCCCCCCCCCCCC12CCCCC1C(=O)OC2=O. The highest BCUT2D eigenvalue weighted by Gasteiger charge is 2.57. The van der Waals surface area contributed by atoms with Gasteiger partial charge >= 0.3 is 11.9 Å². The molecule has 0 spiro atoms. The molecule has 1 aliphatic carbocycles. The minimum Gasteiger partial charge on any atom is -0.392 e. The molecule has 168 valence electrons. The number of esters is 2. The average molecular weight is 407 g/mol. The Hall–Kier alpha value is -0.860. The summed E-state index contributed by atoms with van der Waals surface area (Å²) in [5.41, 5.74) is -0.453. The molecular weight excluding hydrogens is 360 g/mol. The van der Waals surface area contributed by atoms with Gasteiger partial charge in [0.15, 0.2) is 0 Å². The minimum absolute atomic E-state index is 0.139. The van der Waals surface area contributed by atoms with E-state index in [1.54, 1.807) is 0 Å². The van der Waals surface area contributed by atoms with Crippen molar-refractivity contribution in [3.05, 3.63) is 0 Å². The van der Waals surface area contributed by atoms with Crippen LogP contribution < -0.4 is 0 Å². The highest BCUT2D eigenvalue weighted by molar-refractivity contribution is 5.99. The molecule has 2 aliphatic rings. The van der Waals surface area contributed by atoms with Gasteiger partial charge in [-0.15, -0.1) is 0 Å². The maximum Gasteiger partial charge on any atom is 0.320 e. The molecule has 2 atom stereocenters. The van der Waals surface area contributed by atoms with Gasteiger partial charge < -0.3 is 4.74 Å². The second-order valence-corrected chi connectivity index (χ2v) is 9.72. The van der Waals surface area contributed by atoms with Gasteiger partial charge in [-0.3, -0.25) is 9.59 Å². The Kier molecular flexibility index (Phi) is 12.0. The zero-order valence-corrected chi connectivity index (χ0v) is 19.2. The van der Waals surface area contributed by atoms with Gasteiger partial charge in [0.25, 0.3) is 0 Å². The fourth-order valence-electron chi connectivity index (χ4n) is 5.48. The fraction of sp³-hybridized carbons (Fsp3) is 0.923. The normalized spacial score (nSPS) is 24.0. The molecule has 3 nitrogen and oxygen atoms in total. The first-order valence-electron chi connectivity index (χ1n) is 13.0. The van der Waals surface area contributed by atoms with Crippen molar-refractivity contribution in [3.63, 3.8) is 0 Å². The molecule has 0 amide bonds. The van der Waals surface area contributed by atoms with E-state index in [1.807, 2.05) is 0 Å². The highest BCUT2D eigenvalue weighted by atomic mass is 16.6. The Labute approximate surface area is 179 Å². The Balaban J connectivity index is 1.39. The summed E-state index contributed by atoms with van der Waals surface area (Å²) in [6.45, 7) is 2.28. The van der Waals surface area contributed by atoms with E-state index in [2.05, 4.69) is 6.92 Å². The summed E-state index contributed by atoms with van der Waals surface area (Å²) >= 11 is 0. The van der Waals surface area contributed by atoms with Gasteiger partial charge in [-0.1, -0.05) is 122 Å². The van der Waals surface area contributed by atoms with Crippen molar-refractivity contribution < 1.29 is 14.3 Å². The lowest BCUT2D eigenvalue weighted by Gasteiger charge is -2.33. The van der Waals surface area contributed by atoms with Crippen LogP contribution in [0, 0.1) is 11.3 Å². The van der Waals surface area contributed by atoms with Gasteiger partial charge in [0, 0.05) is 0 Å². The Morgan fingerprint density at radius 2 is 1.21 bits per heavy atom. The van der Waals surface area contributed by atoms with E-state index < -0.39 is 5.41 Å². The summed E-state index contributed by atoms with van der Waals surface area (Å²) in [6, 6.07) is 0. The fourth-order valence-corrected chi connectivity index (χ4v) is 5.48. The maximum absolute atomic E-state index is 12.3. The lowest BCUT2D eigenvalue weighted by atomic mass is 9.65. The van der Waals surface area contributed by atoms with Crippen molar-refractivity contribution in [2.45, 2.75) is 142 Å². The van der Waals surface area contributed by atoms with Crippen molar-refractivity contribution in [2.24, 2.45) is 11.3 Å². The van der Waals surface area contributed by atoms with Crippen molar-refractivity contribution in [1.29, 1.82) is 0 Å². The molecule has 0 aromatic rings. The van der Waals surface area contributed by atoms with Gasteiger partial charge in [-0.25, -0.2) is 0 Å². The van der Waals surface area contributed by atoms with Crippen molar-refractivity contribution in [3.8, 4) is 0 Å². The topological polar surface area (TPSA) is 43.4 Å². The Morgan fingerprint density at radius 1 is 0.724 bits per heavy atom. The average Bonchev–Trinajstić information content (AvgIpc) is 2.98. The number of cyclic esters (lactones) is 2. The maximum atomic E-state index is 12.3. The Bertz CT molecular complexity index is 473. The van der Waals surface area contributed by atoms with Gasteiger partial charge in [-0.05, 0) is 19.3 Å². The number of ether oxygens (including phenoxy) is 1. The highest BCUT2D eigenvalue weighted by Crippen LogP contribution is 2.50. The van der Waals surface area contributed by atoms with E-state index in [0.29, 0.717) is 0 Å². The third-order valence-electron chi connectivity index (χ3n) is 7.39. The largest absolute Gasteiger partial charge is 0.392 e. The van der Waals surface area contributed by atoms with Crippen LogP contribution in [0.2, 0.25) is 0 Å². The van der Waals surface area contributed by atoms with Gasteiger partial charge in [0.2, 0.25) is 0 Å². The van der Waals surface area contributed by atoms with Gasteiger partial charge in [0.05, 0.1) is 11.3 Å². The zero-order chi connectivity index (χ0) is 20.8. The molecule has 2 rings (SSSR count). The van der Waals surface area contributed by atoms with Crippen molar-refractivity contribution in [2.75, 3.05) is 0 Å². The van der Waals surface area contributed by atoms with Crippen LogP contribution in [0.3, 0.4) is 0 Å². The molecule has 0 radical (unpaired) electrons. The summed E-state index contributed by atoms with van der Waals surface area (Å²) in [7, 11) is 0. The third-order valence-corrected chi connectivity index (χ3v) is 7.39. The number of carbonyl (C=O) groups excluding carboxylic acids is 2. The summed E-state index contributed by atoms with van der Waals surface area (Å²) < 4.78 is 5.01. The number of unbranched alkanes of at least 4 members (excludes halogenated alkanes) is 15. The first-order chi connectivity index (χ1) is 14.2.